The lowest BCUT2D eigenvalue weighted by Gasteiger charge is -2.22. The van der Waals surface area contributed by atoms with Gasteiger partial charge in [-0.05, 0) is 61.7 Å². The summed E-state index contributed by atoms with van der Waals surface area (Å²) < 4.78 is 5.74. The van der Waals surface area contributed by atoms with Gasteiger partial charge in [0.15, 0.2) is 0 Å². The molecule has 2 aromatic carbocycles. The number of hydrogen-bond donors (Lipinski definition) is 2. The maximum atomic E-state index is 12.2. The highest BCUT2D eigenvalue weighted by molar-refractivity contribution is 5.94. The summed E-state index contributed by atoms with van der Waals surface area (Å²) in [5.74, 6) is 1.29. The summed E-state index contributed by atoms with van der Waals surface area (Å²) >= 11 is 0. The topological polar surface area (TPSA) is 50.4 Å². The second kappa shape index (κ2) is 10.1. The molecule has 0 aliphatic carbocycles. The van der Waals surface area contributed by atoms with Crippen LogP contribution in [0.2, 0.25) is 0 Å². The largest absolute Gasteiger partial charge is 0.489 e. The summed E-state index contributed by atoms with van der Waals surface area (Å²) in [6.45, 7) is 3.35. The van der Waals surface area contributed by atoms with Gasteiger partial charge in [-0.1, -0.05) is 30.3 Å². The van der Waals surface area contributed by atoms with Gasteiger partial charge in [0, 0.05) is 12.1 Å². The molecule has 0 bridgehead atoms. The van der Waals surface area contributed by atoms with Crippen LogP contribution >= 0.6 is 12.4 Å². The summed E-state index contributed by atoms with van der Waals surface area (Å²) in [6.07, 6.45) is 2.37. The SMILES string of the molecule is Cl.O=C(NCC1CCCNC1)c1ccc(OCc2ccccc2)cc1. The molecule has 134 valence electrons. The number of benzene rings is 2. The van der Waals surface area contributed by atoms with E-state index in [0.717, 1.165) is 30.9 Å². The third-order valence-corrected chi connectivity index (χ3v) is 4.32. The van der Waals surface area contributed by atoms with E-state index in [-0.39, 0.29) is 18.3 Å². The van der Waals surface area contributed by atoms with Crippen molar-refractivity contribution in [2.75, 3.05) is 19.6 Å². The van der Waals surface area contributed by atoms with Crippen LogP contribution in [0.25, 0.3) is 0 Å². The molecule has 1 amide bonds. The number of rotatable bonds is 6. The van der Waals surface area contributed by atoms with Crippen LogP contribution in [-0.4, -0.2) is 25.5 Å². The monoisotopic (exact) mass is 360 g/mol. The summed E-state index contributed by atoms with van der Waals surface area (Å²) in [5.41, 5.74) is 1.80. The highest BCUT2D eigenvalue weighted by Crippen LogP contribution is 2.15. The van der Waals surface area contributed by atoms with E-state index in [1.54, 1.807) is 0 Å². The fourth-order valence-electron chi connectivity index (χ4n) is 2.88. The fourth-order valence-corrected chi connectivity index (χ4v) is 2.88. The molecule has 1 atom stereocenters. The molecule has 25 heavy (non-hydrogen) atoms. The Morgan fingerprint density at radius 2 is 1.88 bits per heavy atom. The number of piperidine rings is 1. The van der Waals surface area contributed by atoms with Gasteiger partial charge in [0.2, 0.25) is 0 Å². The predicted octanol–water partition coefficient (Wildman–Crippen LogP) is 3.42. The standard InChI is InChI=1S/C20H24N2O2.ClH/c23-20(22-14-17-7-4-12-21-13-17)18-8-10-19(11-9-18)24-15-16-5-2-1-3-6-16;/h1-3,5-6,8-11,17,21H,4,7,12-15H2,(H,22,23);1H. The second-order valence-electron chi connectivity index (χ2n) is 6.22. The lowest BCUT2D eigenvalue weighted by atomic mass is 10.00. The van der Waals surface area contributed by atoms with Crippen LogP contribution < -0.4 is 15.4 Å². The van der Waals surface area contributed by atoms with Gasteiger partial charge in [0.05, 0.1) is 0 Å². The number of ether oxygens (including phenoxy) is 1. The zero-order valence-corrected chi connectivity index (χ0v) is 15.1. The first-order valence-corrected chi connectivity index (χ1v) is 8.57. The predicted molar refractivity (Wildman–Crippen MR) is 102 cm³/mol. The van der Waals surface area contributed by atoms with Crippen molar-refractivity contribution in [1.82, 2.24) is 10.6 Å². The molecular formula is C20H25ClN2O2. The number of halogens is 1. The van der Waals surface area contributed by atoms with Crippen LogP contribution in [0.4, 0.5) is 0 Å². The molecule has 1 saturated heterocycles. The van der Waals surface area contributed by atoms with E-state index in [0.29, 0.717) is 18.1 Å². The van der Waals surface area contributed by atoms with E-state index in [9.17, 15) is 4.79 Å². The Kier molecular flexibility index (Phi) is 7.76. The van der Waals surface area contributed by atoms with Crippen LogP contribution in [-0.2, 0) is 6.61 Å². The normalized spacial score (nSPS) is 16.6. The van der Waals surface area contributed by atoms with E-state index in [4.69, 9.17) is 4.74 Å². The van der Waals surface area contributed by atoms with E-state index in [1.807, 2.05) is 54.6 Å². The minimum atomic E-state index is -0.0183. The molecule has 5 heteroatoms. The van der Waals surface area contributed by atoms with Crippen LogP contribution in [0.5, 0.6) is 5.75 Å². The zero-order chi connectivity index (χ0) is 16.6. The Bertz CT molecular complexity index is 641. The van der Waals surface area contributed by atoms with Gasteiger partial charge in [0.25, 0.3) is 5.91 Å². The molecule has 0 spiro atoms. The summed E-state index contributed by atoms with van der Waals surface area (Å²) in [7, 11) is 0. The number of carbonyl (C=O) groups excluding carboxylic acids is 1. The van der Waals surface area contributed by atoms with Gasteiger partial charge < -0.3 is 15.4 Å². The molecule has 1 heterocycles. The minimum Gasteiger partial charge on any atom is -0.489 e. The van der Waals surface area contributed by atoms with Crippen LogP contribution in [0, 0.1) is 5.92 Å². The molecule has 4 nitrogen and oxygen atoms in total. The van der Waals surface area contributed by atoms with Gasteiger partial charge in [-0.2, -0.15) is 0 Å². The van der Waals surface area contributed by atoms with Crippen molar-refractivity contribution in [3.8, 4) is 5.75 Å². The Morgan fingerprint density at radius 3 is 2.56 bits per heavy atom. The van der Waals surface area contributed by atoms with Crippen molar-refractivity contribution in [2.45, 2.75) is 19.4 Å². The van der Waals surface area contributed by atoms with Gasteiger partial charge >= 0.3 is 0 Å². The van der Waals surface area contributed by atoms with E-state index < -0.39 is 0 Å². The van der Waals surface area contributed by atoms with Crippen molar-refractivity contribution < 1.29 is 9.53 Å². The number of carbonyl (C=O) groups is 1. The highest BCUT2D eigenvalue weighted by Gasteiger charge is 2.14. The molecular weight excluding hydrogens is 336 g/mol. The minimum absolute atomic E-state index is 0. The molecule has 1 unspecified atom stereocenters. The molecule has 2 N–H and O–H groups in total. The van der Waals surface area contributed by atoms with E-state index in [2.05, 4.69) is 10.6 Å². The van der Waals surface area contributed by atoms with Crippen molar-refractivity contribution in [2.24, 2.45) is 5.92 Å². The summed E-state index contributed by atoms with van der Waals surface area (Å²) in [6, 6.07) is 17.4. The first-order chi connectivity index (χ1) is 11.8. The van der Waals surface area contributed by atoms with Crippen molar-refractivity contribution in [3.05, 3.63) is 65.7 Å². The highest BCUT2D eigenvalue weighted by atomic mass is 35.5. The Balaban J connectivity index is 0.00000225. The molecule has 0 saturated carbocycles. The van der Waals surface area contributed by atoms with Gasteiger partial charge in [0.1, 0.15) is 12.4 Å². The second-order valence-corrected chi connectivity index (χ2v) is 6.22. The first kappa shape index (κ1) is 19.3. The molecule has 1 aliphatic rings. The quantitative estimate of drug-likeness (QED) is 0.830. The summed E-state index contributed by atoms with van der Waals surface area (Å²) in [5, 5.41) is 6.39. The van der Waals surface area contributed by atoms with Crippen molar-refractivity contribution in [1.29, 1.82) is 0 Å². The first-order valence-electron chi connectivity index (χ1n) is 8.57. The molecule has 1 fully saturated rings. The van der Waals surface area contributed by atoms with Crippen LogP contribution in [0.15, 0.2) is 54.6 Å². The fraction of sp³-hybridized carbons (Fsp3) is 0.350. The summed E-state index contributed by atoms with van der Waals surface area (Å²) in [4.78, 5) is 12.2. The van der Waals surface area contributed by atoms with Crippen LogP contribution in [0.1, 0.15) is 28.8 Å². The maximum Gasteiger partial charge on any atom is 0.251 e. The Hall–Kier alpha value is -2.04. The molecule has 0 aromatic heterocycles. The smallest absolute Gasteiger partial charge is 0.251 e. The molecule has 1 aliphatic heterocycles. The number of nitrogens with one attached hydrogen (secondary N) is 2. The average molecular weight is 361 g/mol. The lowest BCUT2D eigenvalue weighted by Crippen LogP contribution is -2.38. The van der Waals surface area contributed by atoms with E-state index >= 15 is 0 Å². The Morgan fingerprint density at radius 1 is 1.12 bits per heavy atom. The number of hydrogen-bond acceptors (Lipinski definition) is 3. The Labute approximate surface area is 155 Å². The van der Waals surface area contributed by atoms with E-state index in [1.165, 1.54) is 12.8 Å². The molecule has 2 aromatic rings. The van der Waals surface area contributed by atoms with Gasteiger partial charge in [-0.3, -0.25) is 4.79 Å². The molecule has 0 radical (unpaired) electrons. The lowest BCUT2D eigenvalue weighted by molar-refractivity contribution is 0.0945. The van der Waals surface area contributed by atoms with Gasteiger partial charge in [-0.25, -0.2) is 0 Å². The van der Waals surface area contributed by atoms with Gasteiger partial charge in [-0.15, -0.1) is 12.4 Å². The van der Waals surface area contributed by atoms with Crippen LogP contribution in [0.3, 0.4) is 0 Å². The van der Waals surface area contributed by atoms with Crippen molar-refractivity contribution in [3.63, 3.8) is 0 Å². The maximum absolute atomic E-state index is 12.2. The van der Waals surface area contributed by atoms with Crippen molar-refractivity contribution >= 4 is 18.3 Å². The average Bonchev–Trinajstić information content (AvgIpc) is 2.66. The third-order valence-electron chi connectivity index (χ3n) is 4.32. The number of amides is 1. The molecule has 3 rings (SSSR count). The third kappa shape index (κ3) is 6.07. The zero-order valence-electron chi connectivity index (χ0n) is 14.2.